The van der Waals surface area contributed by atoms with E-state index >= 15 is 0 Å². The van der Waals surface area contributed by atoms with Crippen molar-refractivity contribution in [2.24, 2.45) is 5.92 Å². The summed E-state index contributed by atoms with van der Waals surface area (Å²) in [5.74, 6) is 1.25. The van der Waals surface area contributed by atoms with E-state index in [4.69, 9.17) is 4.74 Å². The second-order valence-electron chi connectivity index (χ2n) is 6.15. The van der Waals surface area contributed by atoms with E-state index in [1.807, 2.05) is 6.07 Å². The van der Waals surface area contributed by atoms with Gasteiger partial charge in [0.05, 0.1) is 6.10 Å². The SMILES string of the molecule is CCCNCc1cc(F)cc(OC2CCCC(CC)C2)c1. The molecule has 21 heavy (non-hydrogen) atoms. The zero-order valence-electron chi connectivity index (χ0n) is 13.3. The lowest BCUT2D eigenvalue weighted by molar-refractivity contribution is 0.121. The Morgan fingerprint density at radius 3 is 2.86 bits per heavy atom. The molecular weight excluding hydrogens is 265 g/mol. The van der Waals surface area contributed by atoms with Crippen molar-refractivity contribution in [1.82, 2.24) is 5.32 Å². The maximum Gasteiger partial charge on any atom is 0.127 e. The smallest absolute Gasteiger partial charge is 0.127 e. The van der Waals surface area contributed by atoms with Crippen LogP contribution in [0.2, 0.25) is 0 Å². The lowest BCUT2D eigenvalue weighted by atomic mass is 9.85. The topological polar surface area (TPSA) is 21.3 Å². The van der Waals surface area contributed by atoms with Gasteiger partial charge in [0.15, 0.2) is 0 Å². The van der Waals surface area contributed by atoms with Gasteiger partial charge in [-0.05, 0) is 55.8 Å². The predicted molar refractivity (Wildman–Crippen MR) is 85.1 cm³/mol. The summed E-state index contributed by atoms with van der Waals surface area (Å²) in [7, 11) is 0. The van der Waals surface area contributed by atoms with E-state index in [1.54, 1.807) is 6.07 Å². The molecule has 0 radical (unpaired) electrons. The lowest BCUT2D eigenvalue weighted by Crippen LogP contribution is -2.25. The first-order valence-electron chi connectivity index (χ1n) is 8.38. The van der Waals surface area contributed by atoms with Crippen molar-refractivity contribution in [2.75, 3.05) is 6.54 Å². The first-order valence-corrected chi connectivity index (χ1v) is 8.38. The summed E-state index contributed by atoms with van der Waals surface area (Å²) in [6.07, 6.45) is 7.29. The van der Waals surface area contributed by atoms with E-state index in [0.717, 1.165) is 37.3 Å². The highest BCUT2D eigenvalue weighted by Gasteiger charge is 2.22. The molecule has 118 valence electrons. The third-order valence-electron chi connectivity index (χ3n) is 4.30. The molecule has 3 heteroatoms. The van der Waals surface area contributed by atoms with Gasteiger partial charge in [-0.15, -0.1) is 0 Å². The van der Waals surface area contributed by atoms with Gasteiger partial charge in [0.2, 0.25) is 0 Å². The molecule has 1 aliphatic rings. The summed E-state index contributed by atoms with van der Waals surface area (Å²) in [5.41, 5.74) is 0.960. The minimum Gasteiger partial charge on any atom is -0.490 e. The summed E-state index contributed by atoms with van der Waals surface area (Å²) >= 11 is 0. The summed E-state index contributed by atoms with van der Waals surface area (Å²) in [6, 6.07) is 5.07. The van der Waals surface area contributed by atoms with E-state index in [0.29, 0.717) is 12.3 Å². The standard InChI is InChI=1S/C18H28FNO/c1-3-8-20-13-15-9-16(19)12-18(11-15)21-17-7-5-6-14(4-2)10-17/h9,11-12,14,17,20H,3-8,10,13H2,1-2H3. The largest absolute Gasteiger partial charge is 0.490 e. The van der Waals surface area contributed by atoms with Gasteiger partial charge < -0.3 is 10.1 Å². The summed E-state index contributed by atoms with van der Waals surface area (Å²) in [5, 5.41) is 3.30. The second-order valence-corrected chi connectivity index (χ2v) is 6.15. The number of halogens is 1. The van der Waals surface area contributed by atoms with Crippen LogP contribution in [0.5, 0.6) is 5.75 Å². The molecular formula is C18H28FNO. The zero-order valence-corrected chi connectivity index (χ0v) is 13.3. The van der Waals surface area contributed by atoms with Gasteiger partial charge in [-0.2, -0.15) is 0 Å². The molecule has 0 heterocycles. The van der Waals surface area contributed by atoms with Crippen LogP contribution in [-0.4, -0.2) is 12.6 Å². The summed E-state index contributed by atoms with van der Waals surface area (Å²) in [6.45, 7) is 6.02. The van der Waals surface area contributed by atoms with Crippen LogP contribution in [-0.2, 0) is 6.54 Å². The van der Waals surface area contributed by atoms with Crippen molar-refractivity contribution < 1.29 is 9.13 Å². The average molecular weight is 293 g/mol. The van der Waals surface area contributed by atoms with E-state index in [9.17, 15) is 4.39 Å². The molecule has 1 aromatic carbocycles. The Morgan fingerprint density at radius 2 is 2.10 bits per heavy atom. The summed E-state index contributed by atoms with van der Waals surface area (Å²) < 4.78 is 19.8. The van der Waals surface area contributed by atoms with E-state index in [1.165, 1.54) is 25.3 Å². The zero-order chi connectivity index (χ0) is 15.1. The number of hydrogen-bond donors (Lipinski definition) is 1. The van der Waals surface area contributed by atoms with Crippen LogP contribution < -0.4 is 10.1 Å². The third kappa shape index (κ3) is 5.31. The molecule has 1 saturated carbocycles. The Kier molecular flexibility index (Phi) is 6.50. The molecule has 2 atom stereocenters. The molecule has 0 aromatic heterocycles. The Hall–Kier alpha value is -1.09. The lowest BCUT2D eigenvalue weighted by Gasteiger charge is -2.29. The van der Waals surface area contributed by atoms with Crippen LogP contribution in [0.1, 0.15) is 57.9 Å². The van der Waals surface area contributed by atoms with Gasteiger partial charge in [0.25, 0.3) is 0 Å². The minimum absolute atomic E-state index is 0.205. The number of nitrogens with one attached hydrogen (secondary N) is 1. The van der Waals surface area contributed by atoms with Gasteiger partial charge >= 0.3 is 0 Å². The normalized spacial score (nSPS) is 22.2. The molecule has 0 aliphatic heterocycles. The van der Waals surface area contributed by atoms with E-state index < -0.39 is 0 Å². The fourth-order valence-corrected chi connectivity index (χ4v) is 3.11. The van der Waals surface area contributed by atoms with Crippen molar-refractivity contribution >= 4 is 0 Å². The monoisotopic (exact) mass is 293 g/mol. The van der Waals surface area contributed by atoms with Crippen molar-refractivity contribution in [3.05, 3.63) is 29.6 Å². The van der Waals surface area contributed by atoms with Crippen LogP contribution >= 0.6 is 0 Å². The average Bonchev–Trinajstić information content (AvgIpc) is 2.47. The Balaban J connectivity index is 1.95. The molecule has 1 N–H and O–H groups in total. The molecule has 0 saturated heterocycles. The molecule has 2 nitrogen and oxygen atoms in total. The van der Waals surface area contributed by atoms with Crippen LogP contribution in [0, 0.1) is 11.7 Å². The highest BCUT2D eigenvalue weighted by atomic mass is 19.1. The van der Waals surface area contributed by atoms with E-state index in [2.05, 4.69) is 19.2 Å². The van der Waals surface area contributed by atoms with Gasteiger partial charge in [0.1, 0.15) is 11.6 Å². The maximum atomic E-state index is 13.7. The number of ether oxygens (including phenoxy) is 1. The molecule has 1 aromatic rings. The van der Waals surface area contributed by atoms with Crippen molar-refractivity contribution in [2.45, 2.75) is 65.0 Å². The fourth-order valence-electron chi connectivity index (χ4n) is 3.11. The molecule has 2 unspecified atom stereocenters. The minimum atomic E-state index is -0.205. The third-order valence-corrected chi connectivity index (χ3v) is 4.30. The molecule has 1 aliphatic carbocycles. The van der Waals surface area contributed by atoms with Crippen LogP contribution in [0.3, 0.4) is 0 Å². The highest BCUT2D eigenvalue weighted by Crippen LogP contribution is 2.30. The molecule has 2 rings (SSSR count). The maximum absolute atomic E-state index is 13.7. The van der Waals surface area contributed by atoms with Crippen molar-refractivity contribution in [1.29, 1.82) is 0 Å². The van der Waals surface area contributed by atoms with Crippen LogP contribution in [0.4, 0.5) is 4.39 Å². The molecule has 0 spiro atoms. The van der Waals surface area contributed by atoms with Gasteiger partial charge in [-0.25, -0.2) is 4.39 Å². The fraction of sp³-hybridized carbons (Fsp3) is 0.667. The quantitative estimate of drug-likeness (QED) is 0.737. The first-order chi connectivity index (χ1) is 10.2. The van der Waals surface area contributed by atoms with Crippen molar-refractivity contribution in [3.63, 3.8) is 0 Å². The van der Waals surface area contributed by atoms with Gasteiger partial charge in [0, 0.05) is 12.6 Å². The number of rotatable bonds is 7. The molecule has 0 bridgehead atoms. The molecule has 0 amide bonds. The Bertz CT molecular complexity index is 435. The Labute approximate surface area is 128 Å². The highest BCUT2D eigenvalue weighted by molar-refractivity contribution is 5.29. The summed E-state index contributed by atoms with van der Waals surface area (Å²) in [4.78, 5) is 0. The predicted octanol–water partition coefficient (Wildman–Crippen LogP) is 4.67. The number of benzene rings is 1. The second kappa shape index (κ2) is 8.38. The Morgan fingerprint density at radius 1 is 1.24 bits per heavy atom. The van der Waals surface area contributed by atoms with Gasteiger partial charge in [-0.1, -0.05) is 26.7 Å². The number of hydrogen-bond acceptors (Lipinski definition) is 2. The van der Waals surface area contributed by atoms with Crippen LogP contribution in [0.25, 0.3) is 0 Å². The molecule has 1 fully saturated rings. The van der Waals surface area contributed by atoms with Crippen molar-refractivity contribution in [3.8, 4) is 5.75 Å². The first kappa shape index (κ1) is 16.3. The van der Waals surface area contributed by atoms with Crippen LogP contribution in [0.15, 0.2) is 18.2 Å². The van der Waals surface area contributed by atoms with Gasteiger partial charge in [-0.3, -0.25) is 0 Å². The van der Waals surface area contributed by atoms with E-state index in [-0.39, 0.29) is 11.9 Å².